The van der Waals surface area contributed by atoms with E-state index in [1.54, 1.807) is 0 Å². The molecule has 0 aliphatic heterocycles. The number of benzene rings is 2. The first-order chi connectivity index (χ1) is 8.93. The topological polar surface area (TPSA) is 17.1 Å². The molecule has 0 aliphatic rings. The summed E-state index contributed by atoms with van der Waals surface area (Å²) < 4.78 is 0. The summed E-state index contributed by atoms with van der Waals surface area (Å²) in [6.45, 7) is 8.64. The van der Waals surface area contributed by atoms with Crippen molar-refractivity contribution in [2.75, 3.05) is 0 Å². The quantitative estimate of drug-likeness (QED) is 0.703. The standard InChI is InChI=1S/C18H20O/c1-13-6-5-7-15(12-19)17(13)14-8-10-16(11-9-14)18(2,3)4/h5-12H,1-4H3. The number of carbonyl (C=O) groups excluding carboxylic acids is 1. The van der Waals surface area contributed by atoms with Crippen molar-refractivity contribution in [2.45, 2.75) is 33.1 Å². The minimum Gasteiger partial charge on any atom is -0.298 e. The lowest BCUT2D eigenvalue weighted by Gasteiger charge is -2.19. The molecule has 2 aromatic rings. The fourth-order valence-corrected chi connectivity index (χ4v) is 2.32. The second-order valence-corrected chi connectivity index (χ2v) is 5.98. The maximum atomic E-state index is 11.2. The monoisotopic (exact) mass is 252 g/mol. The van der Waals surface area contributed by atoms with Crippen LogP contribution in [0, 0.1) is 6.92 Å². The van der Waals surface area contributed by atoms with E-state index in [1.165, 1.54) is 5.56 Å². The van der Waals surface area contributed by atoms with Crippen molar-refractivity contribution < 1.29 is 4.79 Å². The summed E-state index contributed by atoms with van der Waals surface area (Å²) in [5.74, 6) is 0. The Morgan fingerprint density at radius 2 is 1.58 bits per heavy atom. The van der Waals surface area contributed by atoms with Crippen molar-refractivity contribution in [2.24, 2.45) is 0 Å². The van der Waals surface area contributed by atoms with E-state index >= 15 is 0 Å². The molecule has 0 unspecified atom stereocenters. The van der Waals surface area contributed by atoms with Crippen molar-refractivity contribution in [3.05, 3.63) is 59.2 Å². The normalized spacial score (nSPS) is 11.4. The van der Waals surface area contributed by atoms with Crippen LogP contribution in [0.3, 0.4) is 0 Å². The summed E-state index contributed by atoms with van der Waals surface area (Å²) in [5, 5.41) is 0. The van der Waals surface area contributed by atoms with Crippen molar-refractivity contribution >= 4 is 6.29 Å². The van der Waals surface area contributed by atoms with E-state index in [2.05, 4.69) is 45.0 Å². The average Bonchev–Trinajstić information content (AvgIpc) is 2.37. The van der Waals surface area contributed by atoms with Gasteiger partial charge in [-0.25, -0.2) is 0 Å². The summed E-state index contributed by atoms with van der Waals surface area (Å²) in [5.41, 5.74) is 5.48. The van der Waals surface area contributed by atoms with E-state index < -0.39 is 0 Å². The third-order valence-corrected chi connectivity index (χ3v) is 3.47. The highest BCUT2D eigenvalue weighted by molar-refractivity contribution is 5.89. The highest BCUT2D eigenvalue weighted by Gasteiger charge is 2.14. The van der Waals surface area contributed by atoms with Gasteiger partial charge in [-0.15, -0.1) is 0 Å². The molecule has 2 rings (SSSR count). The molecule has 0 fully saturated rings. The third kappa shape index (κ3) is 2.76. The number of rotatable bonds is 2. The fourth-order valence-electron chi connectivity index (χ4n) is 2.32. The Morgan fingerprint density at radius 3 is 2.11 bits per heavy atom. The second-order valence-electron chi connectivity index (χ2n) is 5.98. The van der Waals surface area contributed by atoms with E-state index in [9.17, 15) is 4.79 Å². The molecule has 1 nitrogen and oxygen atoms in total. The molecule has 19 heavy (non-hydrogen) atoms. The summed E-state index contributed by atoms with van der Waals surface area (Å²) >= 11 is 0. The van der Waals surface area contributed by atoms with Crippen LogP contribution < -0.4 is 0 Å². The van der Waals surface area contributed by atoms with Gasteiger partial charge in [0.1, 0.15) is 0 Å². The Morgan fingerprint density at radius 1 is 0.947 bits per heavy atom. The maximum absolute atomic E-state index is 11.2. The van der Waals surface area contributed by atoms with Crippen LogP contribution in [-0.2, 0) is 5.41 Å². The lowest BCUT2D eigenvalue weighted by Crippen LogP contribution is -2.10. The SMILES string of the molecule is Cc1cccc(C=O)c1-c1ccc(C(C)(C)C)cc1. The molecule has 1 heteroatoms. The molecule has 0 spiro atoms. The summed E-state index contributed by atoms with van der Waals surface area (Å²) in [6.07, 6.45) is 0.931. The molecule has 0 atom stereocenters. The maximum Gasteiger partial charge on any atom is 0.150 e. The van der Waals surface area contributed by atoms with Crippen molar-refractivity contribution in [1.82, 2.24) is 0 Å². The van der Waals surface area contributed by atoms with Gasteiger partial charge in [0.05, 0.1) is 0 Å². The lowest BCUT2D eigenvalue weighted by atomic mass is 9.85. The number of aryl methyl sites for hydroxylation is 1. The van der Waals surface area contributed by atoms with Gasteiger partial charge < -0.3 is 0 Å². The van der Waals surface area contributed by atoms with Crippen LogP contribution in [0.4, 0.5) is 0 Å². The van der Waals surface area contributed by atoms with Crippen LogP contribution in [-0.4, -0.2) is 6.29 Å². The van der Waals surface area contributed by atoms with Gasteiger partial charge in [-0.3, -0.25) is 4.79 Å². The molecular formula is C18H20O. The summed E-state index contributed by atoms with van der Waals surface area (Å²) in [4.78, 5) is 11.2. The third-order valence-electron chi connectivity index (χ3n) is 3.47. The van der Waals surface area contributed by atoms with Gasteiger partial charge in [-0.05, 0) is 34.6 Å². The van der Waals surface area contributed by atoms with Crippen LogP contribution in [0.1, 0.15) is 42.3 Å². The molecule has 0 saturated heterocycles. The van der Waals surface area contributed by atoms with Gasteiger partial charge in [0.25, 0.3) is 0 Å². The molecule has 0 aromatic heterocycles. The molecule has 0 bridgehead atoms. The number of aldehydes is 1. The first-order valence-corrected chi connectivity index (χ1v) is 6.59. The number of carbonyl (C=O) groups is 1. The van der Waals surface area contributed by atoms with Crippen LogP contribution in [0.2, 0.25) is 0 Å². The van der Waals surface area contributed by atoms with Crippen molar-refractivity contribution in [3.63, 3.8) is 0 Å². The first kappa shape index (κ1) is 13.5. The highest BCUT2D eigenvalue weighted by Crippen LogP contribution is 2.29. The predicted molar refractivity (Wildman–Crippen MR) is 80.7 cm³/mol. The molecule has 0 saturated carbocycles. The smallest absolute Gasteiger partial charge is 0.150 e. The fraction of sp³-hybridized carbons (Fsp3) is 0.278. The van der Waals surface area contributed by atoms with Crippen molar-refractivity contribution in [3.8, 4) is 11.1 Å². The van der Waals surface area contributed by atoms with Gasteiger partial charge in [0, 0.05) is 5.56 Å². The molecule has 0 aliphatic carbocycles. The predicted octanol–water partition coefficient (Wildman–Crippen LogP) is 4.77. The molecule has 98 valence electrons. The van der Waals surface area contributed by atoms with Gasteiger partial charge >= 0.3 is 0 Å². The summed E-state index contributed by atoms with van der Waals surface area (Å²) in [6, 6.07) is 14.3. The molecule has 0 radical (unpaired) electrons. The van der Waals surface area contributed by atoms with Gasteiger partial charge in [0.15, 0.2) is 6.29 Å². The Kier molecular flexibility index (Phi) is 3.57. The number of hydrogen-bond acceptors (Lipinski definition) is 1. The second kappa shape index (κ2) is 5.00. The Balaban J connectivity index is 2.52. The largest absolute Gasteiger partial charge is 0.298 e. The van der Waals surface area contributed by atoms with E-state index in [-0.39, 0.29) is 5.41 Å². The average molecular weight is 252 g/mol. The van der Waals surface area contributed by atoms with Crippen LogP contribution in [0.15, 0.2) is 42.5 Å². The van der Waals surface area contributed by atoms with Crippen LogP contribution in [0.5, 0.6) is 0 Å². The zero-order valence-electron chi connectivity index (χ0n) is 12.0. The van der Waals surface area contributed by atoms with E-state index in [4.69, 9.17) is 0 Å². The molecule has 0 heterocycles. The summed E-state index contributed by atoms with van der Waals surface area (Å²) in [7, 11) is 0. The highest BCUT2D eigenvalue weighted by atomic mass is 16.1. The van der Waals surface area contributed by atoms with Gasteiger partial charge in [-0.2, -0.15) is 0 Å². The van der Waals surface area contributed by atoms with Gasteiger partial charge in [-0.1, -0.05) is 63.2 Å². The molecular weight excluding hydrogens is 232 g/mol. The van der Waals surface area contributed by atoms with Crippen LogP contribution >= 0.6 is 0 Å². The van der Waals surface area contributed by atoms with Gasteiger partial charge in [0.2, 0.25) is 0 Å². The zero-order chi connectivity index (χ0) is 14.0. The van der Waals surface area contributed by atoms with E-state index in [1.807, 2.05) is 25.1 Å². The minimum atomic E-state index is 0.151. The van der Waals surface area contributed by atoms with E-state index in [0.717, 1.165) is 28.5 Å². The lowest BCUT2D eigenvalue weighted by molar-refractivity contribution is 0.112. The minimum absolute atomic E-state index is 0.151. The molecule has 2 aromatic carbocycles. The first-order valence-electron chi connectivity index (χ1n) is 6.59. The van der Waals surface area contributed by atoms with Crippen molar-refractivity contribution in [1.29, 1.82) is 0 Å². The Bertz CT molecular complexity index is 586. The Labute approximate surface area is 115 Å². The Hall–Kier alpha value is -1.89. The molecule has 0 amide bonds. The zero-order valence-corrected chi connectivity index (χ0v) is 12.0. The van der Waals surface area contributed by atoms with Crippen LogP contribution in [0.25, 0.3) is 11.1 Å². The number of hydrogen-bond donors (Lipinski definition) is 0. The van der Waals surface area contributed by atoms with E-state index in [0.29, 0.717) is 0 Å². The molecule has 0 N–H and O–H groups in total.